The largest absolute Gasteiger partial charge is 0.480 e. The van der Waals surface area contributed by atoms with Crippen LogP contribution in [-0.2, 0) is 27.2 Å². The fourth-order valence-electron chi connectivity index (χ4n) is 2.71. The molecular formula is C20H20ClFN2O4. The molecule has 2 rings (SSSR count). The van der Waals surface area contributed by atoms with Gasteiger partial charge >= 0.3 is 5.97 Å². The van der Waals surface area contributed by atoms with E-state index < -0.39 is 35.7 Å². The third-order valence-corrected chi connectivity index (χ3v) is 4.25. The van der Waals surface area contributed by atoms with Gasteiger partial charge in [-0.2, -0.15) is 0 Å². The number of nitrogens with one attached hydrogen (secondary N) is 2. The van der Waals surface area contributed by atoms with Crippen molar-refractivity contribution in [1.29, 1.82) is 0 Å². The predicted octanol–water partition coefficient (Wildman–Crippen LogP) is 2.34. The van der Waals surface area contributed by atoms with Gasteiger partial charge in [-0.15, -0.1) is 0 Å². The number of carbonyl (C=O) groups is 3. The minimum absolute atomic E-state index is 0.00806. The van der Waals surface area contributed by atoms with Crippen molar-refractivity contribution in [2.75, 3.05) is 0 Å². The molecule has 8 heteroatoms. The van der Waals surface area contributed by atoms with Crippen LogP contribution in [0.5, 0.6) is 0 Å². The number of hydrogen-bond donors (Lipinski definition) is 3. The lowest BCUT2D eigenvalue weighted by Gasteiger charge is -2.21. The summed E-state index contributed by atoms with van der Waals surface area (Å²) in [6.07, 6.45) is -0.101. The molecule has 0 aliphatic carbocycles. The van der Waals surface area contributed by atoms with Crippen molar-refractivity contribution in [2.24, 2.45) is 0 Å². The maximum absolute atomic E-state index is 13.9. The van der Waals surface area contributed by atoms with Gasteiger partial charge in [-0.25, -0.2) is 9.18 Å². The smallest absolute Gasteiger partial charge is 0.326 e. The van der Waals surface area contributed by atoms with E-state index >= 15 is 0 Å². The lowest BCUT2D eigenvalue weighted by Crippen LogP contribution is -2.52. The molecule has 28 heavy (non-hydrogen) atoms. The van der Waals surface area contributed by atoms with Crippen molar-refractivity contribution >= 4 is 29.4 Å². The van der Waals surface area contributed by atoms with Crippen LogP contribution >= 0.6 is 11.6 Å². The van der Waals surface area contributed by atoms with Gasteiger partial charge in [-0.3, -0.25) is 9.59 Å². The van der Waals surface area contributed by atoms with Crippen LogP contribution in [-0.4, -0.2) is 35.0 Å². The van der Waals surface area contributed by atoms with Crippen LogP contribution < -0.4 is 10.6 Å². The topological polar surface area (TPSA) is 95.5 Å². The van der Waals surface area contributed by atoms with E-state index in [4.69, 9.17) is 11.6 Å². The number of carboxylic acids is 1. The molecule has 0 heterocycles. The maximum Gasteiger partial charge on any atom is 0.326 e. The van der Waals surface area contributed by atoms with Crippen LogP contribution in [0.3, 0.4) is 0 Å². The molecule has 148 valence electrons. The first-order chi connectivity index (χ1) is 13.3. The quantitative estimate of drug-likeness (QED) is 0.627. The van der Waals surface area contributed by atoms with E-state index in [1.54, 1.807) is 30.3 Å². The molecule has 0 aliphatic rings. The molecule has 2 atom stereocenters. The highest BCUT2D eigenvalue weighted by atomic mass is 35.5. The Labute approximate surface area is 166 Å². The van der Waals surface area contributed by atoms with E-state index in [0.717, 1.165) is 0 Å². The molecule has 2 amide bonds. The summed E-state index contributed by atoms with van der Waals surface area (Å²) in [5.41, 5.74) is 0.864. The van der Waals surface area contributed by atoms with Crippen LogP contribution in [0, 0.1) is 5.82 Å². The summed E-state index contributed by atoms with van der Waals surface area (Å²) in [7, 11) is 0. The minimum Gasteiger partial charge on any atom is -0.480 e. The third-order valence-electron chi connectivity index (χ3n) is 4.02. The van der Waals surface area contributed by atoms with Crippen LogP contribution in [0.25, 0.3) is 0 Å². The Bertz CT molecular complexity index is 875. The summed E-state index contributed by atoms with van der Waals surface area (Å²) in [5.74, 6) is -2.95. The molecule has 2 aromatic rings. The van der Waals surface area contributed by atoms with Crippen molar-refractivity contribution in [3.63, 3.8) is 0 Å². The van der Waals surface area contributed by atoms with Crippen LogP contribution in [0.1, 0.15) is 18.1 Å². The number of aliphatic carboxylic acids is 1. The van der Waals surface area contributed by atoms with E-state index in [9.17, 15) is 23.9 Å². The summed E-state index contributed by atoms with van der Waals surface area (Å²) >= 11 is 5.91. The third kappa shape index (κ3) is 6.35. The molecule has 0 bridgehead atoms. The lowest BCUT2D eigenvalue weighted by atomic mass is 10.0. The Hall–Kier alpha value is -2.93. The number of benzene rings is 2. The molecule has 0 aliphatic heterocycles. The van der Waals surface area contributed by atoms with Gasteiger partial charge in [0.25, 0.3) is 0 Å². The van der Waals surface area contributed by atoms with Crippen LogP contribution in [0.2, 0.25) is 5.02 Å². The summed E-state index contributed by atoms with van der Waals surface area (Å²) in [5, 5.41) is 14.8. The van der Waals surface area contributed by atoms with Crippen LogP contribution in [0.15, 0.2) is 48.5 Å². The van der Waals surface area contributed by atoms with Crippen molar-refractivity contribution in [3.8, 4) is 0 Å². The maximum atomic E-state index is 13.9. The molecule has 0 radical (unpaired) electrons. The summed E-state index contributed by atoms with van der Waals surface area (Å²) in [4.78, 5) is 35.7. The molecule has 2 aromatic carbocycles. The first kappa shape index (κ1) is 21.4. The summed E-state index contributed by atoms with van der Waals surface area (Å²) in [6, 6.07) is 10.1. The normalized spacial score (nSPS) is 12.7. The standard InChI is InChI=1S/C20H20ClFN2O4/c1-12(25)23-17(11-14-6-2-3-8-16(14)22)19(26)24-18(20(27)28)10-13-5-4-7-15(21)9-13/h2-9,17-18H,10-11H2,1H3,(H,23,25)(H,24,26)(H,27,28)/t17-,18-/m1/s1. The number of carboxylic acid groups (broad SMARTS) is 1. The van der Waals surface area contributed by atoms with E-state index in [2.05, 4.69) is 10.6 Å². The van der Waals surface area contributed by atoms with Crippen molar-refractivity contribution < 1.29 is 23.9 Å². The monoisotopic (exact) mass is 406 g/mol. The minimum atomic E-state index is -1.24. The van der Waals surface area contributed by atoms with E-state index in [0.29, 0.717) is 10.6 Å². The zero-order chi connectivity index (χ0) is 20.7. The average Bonchev–Trinajstić information content (AvgIpc) is 2.62. The molecule has 6 nitrogen and oxygen atoms in total. The van der Waals surface area contributed by atoms with E-state index in [1.807, 2.05) is 0 Å². The van der Waals surface area contributed by atoms with Crippen LogP contribution in [0.4, 0.5) is 4.39 Å². The number of amides is 2. The fourth-order valence-corrected chi connectivity index (χ4v) is 2.92. The van der Waals surface area contributed by atoms with Gasteiger partial charge in [0.05, 0.1) is 0 Å². The van der Waals surface area contributed by atoms with Gasteiger partial charge in [0.2, 0.25) is 11.8 Å². The second kappa shape index (κ2) is 9.85. The van der Waals surface area contributed by atoms with Gasteiger partial charge in [-0.1, -0.05) is 41.9 Å². The molecule has 3 N–H and O–H groups in total. The average molecular weight is 407 g/mol. The first-order valence-corrected chi connectivity index (χ1v) is 8.92. The number of halogens is 2. The number of carbonyl (C=O) groups excluding carboxylic acids is 2. The Morgan fingerprint density at radius 3 is 2.36 bits per heavy atom. The molecular weight excluding hydrogens is 387 g/mol. The second-order valence-electron chi connectivity index (χ2n) is 6.28. The molecule has 0 aromatic heterocycles. The SMILES string of the molecule is CC(=O)N[C@H](Cc1ccccc1F)C(=O)N[C@H](Cc1cccc(Cl)c1)C(=O)O. The van der Waals surface area contributed by atoms with Gasteiger partial charge < -0.3 is 15.7 Å². The van der Waals surface area contributed by atoms with E-state index in [1.165, 1.54) is 25.1 Å². The molecule has 0 unspecified atom stereocenters. The van der Waals surface area contributed by atoms with Gasteiger partial charge in [-0.05, 0) is 29.3 Å². The van der Waals surface area contributed by atoms with Gasteiger partial charge in [0.15, 0.2) is 0 Å². The van der Waals surface area contributed by atoms with Gasteiger partial charge in [0.1, 0.15) is 17.9 Å². The zero-order valence-corrected chi connectivity index (χ0v) is 15.9. The molecule has 0 saturated heterocycles. The van der Waals surface area contributed by atoms with Gasteiger partial charge in [0, 0.05) is 24.8 Å². The summed E-state index contributed by atoms with van der Waals surface area (Å²) < 4.78 is 13.9. The molecule has 0 fully saturated rings. The summed E-state index contributed by atoms with van der Waals surface area (Å²) in [6.45, 7) is 1.22. The number of hydrogen-bond acceptors (Lipinski definition) is 3. The fraction of sp³-hybridized carbons (Fsp3) is 0.250. The lowest BCUT2D eigenvalue weighted by molar-refractivity contribution is -0.142. The molecule has 0 saturated carbocycles. The Morgan fingerprint density at radius 1 is 1.04 bits per heavy atom. The Balaban J connectivity index is 2.15. The van der Waals surface area contributed by atoms with E-state index in [-0.39, 0.29) is 18.4 Å². The Morgan fingerprint density at radius 2 is 1.75 bits per heavy atom. The molecule has 0 spiro atoms. The first-order valence-electron chi connectivity index (χ1n) is 8.54. The Kier molecular flexibility index (Phi) is 7.52. The van der Waals surface area contributed by atoms with Crippen molar-refractivity contribution in [3.05, 3.63) is 70.5 Å². The van der Waals surface area contributed by atoms with Crippen molar-refractivity contribution in [1.82, 2.24) is 10.6 Å². The highest BCUT2D eigenvalue weighted by molar-refractivity contribution is 6.30. The number of rotatable bonds is 8. The predicted molar refractivity (Wildman–Crippen MR) is 102 cm³/mol. The second-order valence-corrected chi connectivity index (χ2v) is 6.72. The van der Waals surface area contributed by atoms with Crippen molar-refractivity contribution in [2.45, 2.75) is 31.8 Å². The highest BCUT2D eigenvalue weighted by Gasteiger charge is 2.27. The highest BCUT2D eigenvalue weighted by Crippen LogP contribution is 2.13. The zero-order valence-electron chi connectivity index (χ0n) is 15.1.